The molecule has 0 unspecified atom stereocenters. The second kappa shape index (κ2) is 6.87. The Morgan fingerprint density at radius 2 is 2.18 bits per heavy atom. The lowest BCUT2D eigenvalue weighted by molar-refractivity contribution is -0.164. The largest absolute Gasteiger partial charge is 0.347 e. The third-order valence-electron chi connectivity index (χ3n) is 4.30. The van der Waals surface area contributed by atoms with Gasteiger partial charge in [0, 0.05) is 32.5 Å². The first-order chi connectivity index (χ1) is 10.5. The first-order valence-corrected chi connectivity index (χ1v) is 7.63. The van der Waals surface area contributed by atoms with Crippen LogP contribution in [-0.2, 0) is 16.0 Å². The fraction of sp³-hybridized carbons (Fsp3) is 0.562. The van der Waals surface area contributed by atoms with E-state index in [4.69, 9.17) is 5.73 Å². The van der Waals surface area contributed by atoms with Gasteiger partial charge in [0.2, 0.25) is 11.8 Å². The maximum atomic E-state index is 12.6. The number of hydrogen-bond donors (Lipinski definition) is 1. The molecule has 120 valence electrons. The molecule has 6 nitrogen and oxygen atoms in total. The predicted molar refractivity (Wildman–Crippen MR) is 84.0 cm³/mol. The number of carbonyl (C=O) groups is 2. The molecular weight excluding hydrogens is 280 g/mol. The number of nitrogens with two attached hydrogens (primary N) is 1. The van der Waals surface area contributed by atoms with Crippen molar-refractivity contribution in [3.8, 4) is 0 Å². The van der Waals surface area contributed by atoms with Crippen molar-refractivity contribution in [2.24, 2.45) is 5.73 Å². The molecular formula is C16H24N4O2. The zero-order chi connectivity index (χ0) is 16.2. The number of nitrogens with zero attached hydrogens (tertiary/aromatic N) is 3. The molecule has 1 aromatic rings. The average Bonchev–Trinajstić information content (AvgIpc) is 2.50. The molecule has 1 atom stereocenters. The van der Waals surface area contributed by atoms with Crippen LogP contribution in [0.3, 0.4) is 0 Å². The van der Waals surface area contributed by atoms with Crippen LogP contribution in [0.4, 0.5) is 0 Å². The zero-order valence-electron chi connectivity index (χ0n) is 13.3. The summed E-state index contributed by atoms with van der Waals surface area (Å²) in [6.45, 7) is 0.557. The molecule has 0 bridgehead atoms. The predicted octanol–water partition coefficient (Wildman–Crippen LogP) is 0.422. The normalized spacial score (nSPS) is 20.4. The molecule has 2 rings (SSSR count). The van der Waals surface area contributed by atoms with Crippen LogP contribution in [0.5, 0.6) is 0 Å². The molecule has 1 aliphatic heterocycles. The lowest BCUT2D eigenvalue weighted by Crippen LogP contribution is -2.69. The van der Waals surface area contributed by atoms with E-state index >= 15 is 0 Å². The number of aryl methyl sites for hydroxylation is 1. The van der Waals surface area contributed by atoms with E-state index in [0.717, 1.165) is 18.5 Å². The monoisotopic (exact) mass is 304 g/mol. The van der Waals surface area contributed by atoms with E-state index in [2.05, 4.69) is 4.98 Å². The topological polar surface area (TPSA) is 79.5 Å². The fourth-order valence-corrected chi connectivity index (χ4v) is 3.08. The van der Waals surface area contributed by atoms with Crippen LogP contribution >= 0.6 is 0 Å². The fourth-order valence-electron chi connectivity index (χ4n) is 3.08. The average molecular weight is 304 g/mol. The summed E-state index contributed by atoms with van der Waals surface area (Å²) in [6.07, 6.45) is 4.73. The van der Waals surface area contributed by atoms with Crippen molar-refractivity contribution < 1.29 is 9.59 Å². The van der Waals surface area contributed by atoms with E-state index in [0.29, 0.717) is 19.4 Å². The molecule has 2 amide bonds. The molecule has 2 heterocycles. The summed E-state index contributed by atoms with van der Waals surface area (Å²) in [5, 5.41) is 0. The third-order valence-corrected chi connectivity index (χ3v) is 4.30. The molecule has 0 aliphatic carbocycles. The van der Waals surface area contributed by atoms with Crippen LogP contribution in [0.1, 0.15) is 25.0 Å². The van der Waals surface area contributed by atoms with Gasteiger partial charge in [-0.25, -0.2) is 0 Å². The van der Waals surface area contributed by atoms with E-state index in [9.17, 15) is 9.59 Å². The highest BCUT2D eigenvalue weighted by Gasteiger charge is 2.52. The number of pyridine rings is 1. The molecule has 0 aromatic carbocycles. The Hall–Kier alpha value is -1.95. The highest BCUT2D eigenvalue weighted by atomic mass is 16.2. The Labute approximate surface area is 131 Å². The SMILES string of the molecule is CN(C)C(=O)[C@]1(CCCc2ccccn2)CCN1C(=O)CN. The van der Waals surface area contributed by atoms with Crippen molar-refractivity contribution >= 4 is 11.8 Å². The molecule has 0 radical (unpaired) electrons. The van der Waals surface area contributed by atoms with E-state index < -0.39 is 5.54 Å². The number of aromatic nitrogens is 1. The summed E-state index contributed by atoms with van der Waals surface area (Å²) in [4.78, 5) is 32.1. The van der Waals surface area contributed by atoms with Crippen molar-refractivity contribution in [1.82, 2.24) is 14.8 Å². The van der Waals surface area contributed by atoms with Crippen LogP contribution < -0.4 is 5.73 Å². The summed E-state index contributed by atoms with van der Waals surface area (Å²) in [7, 11) is 3.46. The molecule has 0 saturated carbocycles. The van der Waals surface area contributed by atoms with Crippen LogP contribution in [0.2, 0.25) is 0 Å². The summed E-state index contributed by atoms with van der Waals surface area (Å²) >= 11 is 0. The maximum Gasteiger partial charge on any atom is 0.248 e. The number of carbonyl (C=O) groups excluding carboxylic acids is 2. The van der Waals surface area contributed by atoms with Crippen LogP contribution in [-0.4, -0.2) is 59.3 Å². The number of likely N-dealkylation sites (tertiary alicyclic amines) is 1. The highest BCUT2D eigenvalue weighted by molar-refractivity contribution is 5.93. The van der Waals surface area contributed by atoms with E-state index in [1.54, 1.807) is 30.1 Å². The summed E-state index contributed by atoms with van der Waals surface area (Å²) in [5.74, 6) is -0.166. The number of amides is 2. The van der Waals surface area contributed by atoms with Crippen LogP contribution in [0.25, 0.3) is 0 Å². The minimum Gasteiger partial charge on any atom is -0.347 e. The van der Waals surface area contributed by atoms with E-state index in [-0.39, 0.29) is 18.4 Å². The Kier molecular flexibility index (Phi) is 5.13. The van der Waals surface area contributed by atoms with E-state index in [1.807, 2.05) is 18.2 Å². The Morgan fingerprint density at radius 3 is 2.68 bits per heavy atom. The molecule has 1 fully saturated rings. The quantitative estimate of drug-likeness (QED) is 0.826. The molecule has 1 aromatic heterocycles. The maximum absolute atomic E-state index is 12.6. The van der Waals surface area contributed by atoms with Gasteiger partial charge in [0.25, 0.3) is 0 Å². The first-order valence-electron chi connectivity index (χ1n) is 7.63. The number of hydrogen-bond acceptors (Lipinski definition) is 4. The van der Waals surface area contributed by atoms with Gasteiger partial charge in [0.15, 0.2) is 0 Å². The molecule has 2 N–H and O–H groups in total. The lowest BCUT2D eigenvalue weighted by atomic mass is 9.78. The van der Waals surface area contributed by atoms with Gasteiger partial charge in [-0.1, -0.05) is 6.07 Å². The van der Waals surface area contributed by atoms with Gasteiger partial charge in [0.1, 0.15) is 5.54 Å². The molecule has 1 aliphatic rings. The van der Waals surface area contributed by atoms with Gasteiger partial charge in [-0.2, -0.15) is 0 Å². The second-order valence-corrected chi connectivity index (χ2v) is 5.91. The molecule has 1 saturated heterocycles. The van der Waals surface area contributed by atoms with Crippen molar-refractivity contribution in [2.45, 2.75) is 31.2 Å². The second-order valence-electron chi connectivity index (χ2n) is 5.91. The number of rotatable bonds is 6. The van der Waals surface area contributed by atoms with E-state index in [1.165, 1.54) is 0 Å². The smallest absolute Gasteiger partial charge is 0.248 e. The van der Waals surface area contributed by atoms with Crippen molar-refractivity contribution in [1.29, 1.82) is 0 Å². The first kappa shape index (κ1) is 16.4. The minimum absolute atomic E-state index is 0.0124. The Bertz CT molecular complexity index is 532. The molecule has 0 spiro atoms. The third kappa shape index (κ3) is 3.11. The van der Waals surface area contributed by atoms with Gasteiger partial charge in [-0.05, 0) is 37.8 Å². The Morgan fingerprint density at radius 1 is 1.41 bits per heavy atom. The summed E-state index contributed by atoms with van der Waals surface area (Å²) in [6, 6.07) is 5.81. The summed E-state index contributed by atoms with van der Waals surface area (Å²) in [5.41, 5.74) is 5.77. The van der Waals surface area contributed by atoms with Crippen molar-refractivity contribution in [3.05, 3.63) is 30.1 Å². The summed E-state index contributed by atoms with van der Waals surface area (Å²) < 4.78 is 0. The van der Waals surface area contributed by atoms with Gasteiger partial charge in [-0.3, -0.25) is 14.6 Å². The standard InChI is InChI=1S/C16H24N4O2/c1-19(2)15(22)16(9-11-20(16)14(21)12-17)8-5-7-13-6-3-4-10-18-13/h3-4,6,10H,5,7-9,11-12,17H2,1-2H3/t16-/m0/s1. The molecule has 22 heavy (non-hydrogen) atoms. The Balaban J connectivity index is 2.06. The van der Waals surface area contributed by atoms with Gasteiger partial charge in [0.05, 0.1) is 6.54 Å². The van der Waals surface area contributed by atoms with Gasteiger partial charge >= 0.3 is 0 Å². The minimum atomic E-state index is -0.714. The highest BCUT2D eigenvalue weighted by Crippen LogP contribution is 2.37. The molecule has 6 heteroatoms. The van der Waals surface area contributed by atoms with Crippen molar-refractivity contribution in [3.63, 3.8) is 0 Å². The zero-order valence-corrected chi connectivity index (χ0v) is 13.3. The van der Waals surface area contributed by atoms with Crippen molar-refractivity contribution in [2.75, 3.05) is 27.2 Å². The van der Waals surface area contributed by atoms with Crippen LogP contribution in [0.15, 0.2) is 24.4 Å². The lowest BCUT2D eigenvalue weighted by Gasteiger charge is -2.52. The van der Waals surface area contributed by atoms with Crippen LogP contribution in [0, 0.1) is 0 Å². The van der Waals surface area contributed by atoms with Gasteiger partial charge < -0.3 is 15.5 Å². The van der Waals surface area contributed by atoms with Gasteiger partial charge in [-0.15, -0.1) is 0 Å². The number of likely N-dealkylation sites (N-methyl/N-ethyl adjacent to an activating group) is 1.